The molecule has 0 saturated heterocycles. The summed E-state index contributed by atoms with van der Waals surface area (Å²) in [6, 6.07) is 13.1. The maximum atomic E-state index is 12.6. The van der Waals surface area contributed by atoms with Gasteiger partial charge in [0.25, 0.3) is 0 Å². The molecule has 0 spiro atoms. The van der Waals surface area contributed by atoms with Gasteiger partial charge in [-0.15, -0.1) is 5.10 Å². The third-order valence-corrected chi connectivity index (χ3v) is 3.01. The summed E-state index contributed by atoms with van der Waals surface area (Å²) in [4.78, 5) is 16.7. The predicted molar refractivity (Wildman–Crippen MR) is 73.8 cm³/mol. The minimum absolute atomic E-state index is 0.183. The molecule has 1 aromatic carbocycles. The van der Waals surface area contributed by atoms with Gasteiger partial charge >= 0.3 is 0 Å². The normalized spacial score (nSPS) is 10.4. The summed E-state index contributed by atoms with van der Waals surface area (Å²) < 4.78 is 1.52. The van der Waals surface area contributed by atoms with Gasteiger partial charge in [-0.1, -0.05) is 29.5 Å². The van der Waals surface area contributed by atoms with Crippen LogP contribution in [0.2, 0.25) is 0 Å². The van der Waals surface area contributed by atoms with Crippen LogP contribution in [0, 0.1) is 6.92 Å². The highest BCUT2D eigenvalue weighted by atomic mass is 16.1. The molecule has 0 aliphatic rings. The number of benzene rings is 1. The van der Waals surface area contributed by atoms with E-state index in [4.69, 9.17) is 0 Å². The van der Waals surface area contributed by atoms with Gasteiger partial charge in [0, 0.05) is 6.20 Å². The molecule has 0 N–H and O–H groups in total. The number of ketones is 1. The van der Waals surface area contributed by atoms with Crippen molar-refractivity contribution < 1.29 is 4.79 Å². The second-order valence-electron chi connectivity index (χ2n) is 4.36. The van der Waals surface area contributed by atoms with Gasteiger partial charge in [0.15, 0.2) is 0 Å². The molecular formula is C15H12N4O. The monoisotopic (exact) mass is 264 g/mol. The van der Waals surface area contributed by atoms with E-state index in [2.05, 4.69) is 15.3 Å². The van der Waals surface area contributed by atoms with Crippen molar-refractivity contribution in [3.05, 3.63) is 71.8 Å². The number of aromatic nitrogens is 4. The Morgan fingerprint density at radius 3 is 2.65 bits per heavy atom. The number of nitrogens with zero attached hydrogens (tertiary/aromatic N) is 4. The Balaban J connectivity index is 2.07. The molecule has 5 heteroatoms. The molecule has 0 atom stereocenters. The van der Waals surface area contributed by atoms with E-state index in [9.17, 15) is 4.79 Å². The molecular weight excluding hydrogens is 252 g/mol. The van der Waals surface area contributed by atoms with Crippen LogP contribution in [0.4, 0.5) is 0 Å². The van der Waals surface area contributed by atoms with Crippen LogP contribution in [-0.4, -0.2) is 25.8 Å². The van der Waals surface area contributed by atoms with Gasteiger partial charge in [-0.25, -0.2) is 4.68 Å². The summed E-state index contributed by atoms with van der Waals surface area (Å²) in [6.45, 7) is 1.86. The first-order valence-corrected chi connectivity index (χ1v) is 6.20. The van der Waals surface area contributed by atoms with Crippen LogP contribution < -0.4 is 0 Å². The van der Waals surface area contributed by atoms with Crippen molar-refractivity contribution in [1.29, 1.82) is 0 Å². The summed E-state index contributed by atoms with van der Waals surface area (Å²) in [5.74, 6) is -0.183. The highest BCUT2D eigenvalue weighted by Gasteiger charge is 2.19. The van der Waals surface area contributed by atoms with Crippen molar-refractivity contribution in [1.82, 2.24) is 20.0 Å². The number of rotatable bonds is 3. The van der Waals surface area contributed by atoms with Gasteiger partial charge in [-0.2, -0.15) is 0 Å². The molecule has 0 aliphatic heterocycles. The van der Waals surface area contributed by atoms with E-state index in [1.807, 2.05) is 43.3 Å². The lowest BCUT2D eigenvalue weighted by Gasteiger charge is -2.06. The van der Waals surface area contributed by atoms with Crippen LogP contribution in [0.1, 0.15) is 21.7 Å². The van der Waals surface area contributed by atoms with Gasteiger partial charge in [0.1, 0.15) is 11.4 Å². The fraction of sp³-hybridized carbons (Fsp3) is 0.0667. The Kier molecular flexibility index (Phi) is 3.09. The first kappa shape index (κ1) is 12.2. The predicted octanol–water partition coefficient (Wildman–Crippen LogP) is 2.20. The van der Waals surface area contributed by atoms with E-state index >= 15 is 0 Å². The third-order valence-electron chi connectivity index (χ3n) is 3.01. The molecule has 0 amide bonds. The largest absolute Gasteiger partial charge is 0.285 e. The highest BCUT2D eigenvalue weighted by Crippen LogP contribution is 2.14. The first-order valence-electron chi connectivity index (χ1n) is 6.20. The number of carbonyl (C=O) groups excluding carboxylic acids is 1. The lowest BCUT2D eigenvalue weighted by atomic mass is 10.1. The topological polar surface area (TPSA) is 60.7 Å². The summed E-state index contributed by atoms with van der Waals surface area (Å²) in [5, 5.41) is 7.82. The molecule has 0 fully saturated rings. The van der Waals surface area contributed by atoms with Crippen LogP contribution >= 0.6 is 0 Å². The van der Waals surface area contributed by atoms with E-state index in [0.717, 1.165) is 11.3 Å². The van der Waals surface area contributed by atoms with Crippen molar-refractivity contribution in [2.45, 2.75) is 6.92 Å². The lowest BCUT2D eigenvalue weighted by molar-refractivity contribution is 0.102. The molecule has 98 valence electrons. The number of carbonyl (C=O) groups is 1. The van der Waals surface area contributed by atoms with E-state index in [-0.39, 0.29) is 5.78 Å². The molecule has 2 heterocycles. The number of aryl methyl sites for hydroxylation is 1. The Labute approximate surface area is 115 Å². The number of hydrogen-bond acceptors (Lipinski definition) is 4. The van der Waals surface area contributed by atoms with E-state index in [0.29, 0.717) is 11.4 Å². The molecule has 0 bridgehead atoms. The Bertz CT molecular complexity index is 749. The molecule has 0 aliphatic carbocycles. The van der Waals surface area contributed by atoms with Crippen LogP contribution in [-0.2, 0) is 0 Å². The van der Waals surface area contributed by atoms with Crippen molar-refractivity contribution in [3.63, 3.8) is 0 Å². The maximum Gasteiger partial charge on any atom is 0.231 e. The number of pyridine rings is 1. The van der Waals surface area contributed by atoms with Gasteiger partial charge in [-0.3, -0.25) is 9.78 Å². The molecule has 0 saturated carbocycles. The highest BCUT2D eigenvalue weighted by molar-refractivity contribution is 6.07. The van der Waals surface area contributed by atoms with Crippen molar-refractivity contribution in [2.75, 3.05) is 0 Å². The average Bonchev–Trinajstić information content (AvgIpc) is 2.97. The molecule has 5 nitrogen and oxygen atoms in total. The quantitative estimate of drug-likeness (QED) is 0.680. The molecule has 0 unspecified atom stereocenters. The summed E-state index contributed by atoms with van der Waals surface area (Å²) in [5.41, 5.74) is 2.45. The minimum atomic E-state index is -0.183. The van der Waals surface area contributed by atoms with Crippen LogP contribution in [0.5, 0.6) is 0 Å². The van der Waals surface area contributed by atoms with Crippen LogP contribution in [0.15, 0.2) is 54.9 Å². The number of hydrogen-bond donors (Lipinski definition) is 0. The SMILES string of the molecule is Cc1cccnc1C(=O)c1cnnn1-c1ccccc1. The minimum Gasteiger partial charge on any atom is -0.285 e. The Hall–Kier alpha value is -2.82. The zero-order chi connectivity index (χ0) is 13.9. The first-order chi connectivity index (χ1) is 9.77. The maximum absolute atomic E-state index is 12.6. The second kappa shape index (κ2) is 5.05. The third kappa shape index (κ3) is 2.09. The standard InChI is InChI=1S/C15H12N4O/c1-11-6-5-9-16-14(11)15(20)13-10-17-18-19(13)12-7-3-2-4-8-12/h2-10H,1H3. The molecule has 3 aromatic rings. The Morgan fingerprint density at radius 1 is 1.10 bits per heavy atom. The van der Waals surface area contributed by atoms with Crippen molar-refractivity contribution >= 4 is 5.78 Å². The van der Waals surface area contributed by atoms with Gasteiger partial charge in [0.05, 0.1) is 11.9 Å². The van der Waals surface area contributed by atoms with E-state index in [1.54, 1.807) is 12.3 Å². The van der Waals surface area contributed by atoms with Gasteiger partial charge in [-0.05, 0) is 30.7 Å². The summed E-state index contributed by atoms with van der Waals surface area (Å²) in [7, 11) is 0. The van der Waals surface area contributed by atoms with Gasteiger partial charge in [0.2, 0.25) is 5.78 Å². The fourth-order valence-corrected chi connectivity index (χ4v) is 1.99. The molecule has 0 radical (unpaired) electrons. The molecule has 2 aromatic heterocycles. The molecule has 3 rings (SSSR count). The van der Waals surface area contributed by atoms with Crippen molar-refractivity contribution in [2.24, 2.45) is 0 Å². The second-order valence-corrected chi connectivity index (χ2v) is 4.36. The summed E-state index contributed by atoms with van der Waals surface area (Å²) in [6.07, 6.45) is 3.07. The number of para-hydroxylation sites is 1. The zero-order valence-electron chi connectivity index (χ0n) is 10.9. The van der Waals surface area contributed by atoms with Gasteiger partial charge < -0.3 is 0 Å². The average molecular weight is 264 g/mol. The smallest absolute Gasteiger partial charge is 0.231 e. The summed E-state index contributed by atoms with van der Waals surface area (Å²) >= 11 is 0. The zero-order valence-corrected chi connectivity index (χ0v) is 10.9. The van der Waals surface area contributed by atoms with E-state index in [1.165, 1.54) is 10.9 Å². The van der Waals surface area contributed by atoms with Crippen molar-refractivity contribution in [3.8, 4) is 5.69 Å². The van der Waals surface area contributed by atoms with Crippen LogP contribution in [0.25, 0.3) is 5.69 Å². The fourth-order valence-electron chi connectivity index (χ4n) is 1.99. The Morgan fingerprint density at radius 2 is 1.90 bits per heavy atom. The van der Waals surface area contributed by atoms with Crippen LogP contribution in [0.3, 0.4) is 0 Å². The lowest BCUT2D eigenvalue weighted by Crippen LogP contribution is -2.12. The molecule has 20 heavy (non-hydrogen) atoms. The van der Waals surface area contributed by atoms with E-state index < -0.39 is 0 Å².